The molecule has 0 radical (unpaired) electrons. The lowest BCUT2D eigenvalue weighted by Gasteiger charge is -2.12. The van der Waals surface area contributed by atoms with Crippen LogP contribution in [0.25, 0.3) is 0 Å². The number of rotatable bonds is 6. The summed E-state index contributed by atoms with van der Waals surface area (Å²) in [6.07, 6.45) is 1.48. The molecule has 0 saturated carbocycles. The zero-order valence-electron chi connectivity index (χ0n) is 9.04. The van der Waals surface area contributed by atoms with Crippen molar-refractivity contribution < 1.29 is 5.11 Å². The van der Waals surface area contributed by atoms with E-state index in [0.29, 0.717) is 13.0 Å². The Morgan fingerprint density at radius 3 is 2.80 bits per heavy atom. The maximum absolute atomic E-state index is 9.77. The Balaban J connectivity index is 2.37. The maximum Gasteiger partial charge on any atom is 0.0705 e. The van der Waals surface area contributed by atoms with E-state index in [1.54, 1.807) is 0 Å². The Labute approximate surface area is 99.8 Å². The Morgan fingerprint density at radius 2 is 2.13 bits per heavy atom. The van der Waals surface area contributed by atoms with E-state index in [9.17, 15) is 5.11 Å². The van der Waals surface area contributed by atoms with Gasteiger partial charge in [-0.25, -0.2) is 0 Å². The summed E-state index contributed by atoms with van der Waals surface area (Å²) in [5.74, 6) is 0. The van der Waals surface area contributed by atoms with Crippen LogP contribution in [0.5, 0.6) is 0 Å². The molecular formula is C12H18BrNO. The molecule has 0 aliphatic carbocycles. The van der Waals surface area contributed by atoms with Crippen LogP contribution in [0.3, 0.4) is 0 Å². The van der Waals surface area contributed by atoms with E-state index < -0.39 is 0 Å². The smallest absolute Gasteiger partial charge is 0.0705 e. The first-order valence-electron chi connectivity index (χ1n) is 5.36. The van der Waals surface area contributed by atoms with Crippen LogP contribution in [-0.2, 0) is 6.42 Å². The monoisotopic (exact) mass is 271 g/mol. The van der Waals surface area contributed by atoms with Gasteiger partial charge in [0.15, 0.2) is 0 Å². The lowest BCUT2D eigenvalue weighted by molar-refractivity contribution is 0.172. The van der Waals surface area contributed by atoms with Gasteiger partial charge in [0.25, 0.3) is 0 Å². The molecule has 1 aromatic rings. The summed E-state index contributed by atoms with van der Waals surface area (Å²) in [4.78, 5) is 0. The number of hydrogen-bond donors (Lipinski definition) is 2. The van der Waals surface area contributed by atoms with E-state index in [2.05, 4.69) is 28.2 Å². The lowest BCUT2D eigenvalue weighted by atomic mass is 10.1. The molecule has 0 amide bonds. The second-order valence-corrected chi connectivity index (χ2v) is 4.51. The van der Waals surface area contributed by atoms with Crippen molar-refractivity contribution in [2.75, 3.05) is 13.1 Å². The summed E-state index contributed by atoms with van der Waals surface area (Å²) in [5.41, 5.74) is 1.16. The fourth-order valence-corrected chi connectivity index (χ4v) is 1.88. The number of aliphatic hydroxyl groups is 1. The average molecular weight is 272 g/mol. The van der Waals surface area contributed by atoms with E-state index in [1.165, 1.54) is 0 Å². The Kier molecular flexibility index (Phi) is 5.91. The van der Waals surface area contributed by atoms with Gasteiger partial charge >= 0.3 is 0 Å². The molecule has 1 atom stereocenters. The van der Waals surface area contributed by atoms with Crippen LogP contribution in [0, 0.1) is 0 Å². The standard InChI is InChI=1S/C12H18BrNO/c1-2-7-14-9-11(15)8-10-5-3-4-6-12(10)13/h3-6,11,14-15H,2,7-9H2,1H3. The van der Waals surface area contributed by atoms with Gasteiger partial charge in [0.2, 0.25) is 0 Å². The summed E-state index contributed by atoms with van der Waals surface area (Å²) < 4.78 is 1.07. The first-order valence-corrected chi connectivity index (χ1v) is 6.15. The molecule has 3 heteroatoms. The molecule has 0 aromatic heterocycles. The van der Waals surface area contributed by atoms with Crippen molar-refractivity contribution in [3.8, 4) is 0 Å². The minimum atomic E-state index is -0.310. The maximum atomic E-state index is 9.77. The highest BCUT2D eigenvalue weighted by Gasteiger charge is 2.06. The van der Waals surface area contributed by atoms with Gasteiger partial charge in [-0.15, -0.1) is 0 Å². The summed E-state index contributed by atoms with van der Waals surface area (Å²) in [6.45, 7) is 3.75. The van der Waals surface area contributed by atoms with Gasteiger partial charge in [0, 0.05) is 17.4 Å². The van der Waals surface area contributed by atoms with Gasteiger partial charge < -0.3 is 10.4 Å². The van der Waals surface area contributed by atoms with Crippen LogP contribution in [0.1, 0.15) is 18.9 Å². The number of hydrogen-bond acceptors (Lipinski definition) is 2. The predicted octanol–water partition coefficient (Wildman–Crippen LogP) is 2.35. The third-order valence-electron chi connectivity index (χ3n) is 2.22. The topological polar surface area (TPSA) is 32.3 Å². The molecule has 0 heterocycles. The molecule has 15 heavy (non-hydrogen) atoms. The van der Waals surface area contributed by atoms with Crippen molar-refractivity contribution >= 4 is 15.9 Å². The quantitative estimate of drug-likeness (QED) is 0.779. The number of benzene rings is 1. The highest BCUT2D eigenvalue weighted by atomic mass is 79.9. The third kappa shape index (κ3) is 4.78. The van der Waals surface area contributed by atoms with Crippen LogP contribution in [0.15, 0.2) is 28.7 Å². The van der Waals surface area contributed by atoms with Crippen molar-refractivity contribution in [1.29, 1.82) is 0 Å². The molecule has 2 N–H and O–H groups in total. The van der Waals surface area contributed by atoms with Gasteiger partial charge in [-0.1, -0.05) is 41.1 Å². The van der Waals surface area contributed by atoms with Crippen molar-refractivity contribution in [3.63, 3.8) is 0 Å². The Morgan fingerprint density at radius 1 is 1.40 bits per heavy atom. The van der Waals surface area contributed by atoms with E-state index in [4.69, 9.17) is 0 Å². The second kappa shape index (κ2) is 6.99. The number of halogens is 1. The minimum Gasteiger partial charge on any atom is -0.391 e. The Bertz CT molecular complexity index is 291. The summed E-state index contributed by atoms with van der Waals surface area (Å²) in [6, 6.07) is 8.01. The van der Waals surface area contributed by atoms with Gasteiger partial charge in [0.05, 0.1) is 6.10 Å². The van der Waals surface area contributed by atoms with Crippen LogP contribution >= 0.6 is 15.9 Å². The van der Waals surface area contributed by atoms with Gasteiger partial charge in [-0.3, -0.25) is 0 Å². The average Bonchev–Trinajstić information content (AvgIpc) is 2.22. The zero-order chi connectivity index (χ0) is 11.1. The lowest BCUT2D eigenvalue weighted by Crippen LogP contribution is -2.28. The van der Waals surface area contributed by atoms with Crippen LogP contribution in [0.4, 0.5) is 0 Å². The highest BCUT2D eigenvalue weighted by molar-refractivity contribution is 9.10. The molecular weight excluding hydrogens is 254 g/mol. The third-order valence-corrected chi connectivity index (χ3v) is 2.99. The largest absolute Gasteiger partial charge is 0.391 e. The molecule has 2 nitrogen and oxygen atoms in total. The molecule has 0 aliphatic rings. The van der Waals surface area contributed by atoms with Gasteiger partial charge in [-0.2, -0.15) is 0 Å². The fraction of sp³-hybridized carbons (Fsp3) is 0.500. The minimum absolute atomic E-state index is 0.310. The first-order chi connectivity index (χ1) is 7.24. The van der Waals surface area contributed by atoms with Crippen molar-refractivity contribution in [2.24, 2.45) is 0 Å². The van der Waals surface area contributed by atoms with E-state index >= 15 is 0 Å². The molecule has 1 rings (SSSR count). The highest BCUT2D eigenvalue weighted by Crippen LogP contribution is 2.17. The summed E-state index contributed by atoms with van der Waals surface area (Å²) >= 11 is 3.48. The fourth-order valence-electron chi connectivity index (χ4n) is 1.44. The van der Waals surface area contributed by atoms with Crippen molar-refractivity contribution in [2.45, 2.75) is 25.9 Å². The molecule has 1 aromatic carbocycles. The first kappa shape index (κ1) is 12.7. The second-order valence-electron chi connectivity index (χ2n) is 3.65. The number of nitrogens with one attached hydrogen (secondary N) is 1. The normalized spacial score (nSPS) is 12.7. The molecule has 0 fully saturated rings. The molecule has 0 saturated heterocycles. The molecule has 0 aliphatic heterocycles. The molecule has 84 valence electrons. The van der Waals surface area contributed by atoms with E-state index in [-0.39, 0.29) is 6.10 Å². The van der Waals surface area contributed by atoms with Gasteiger partial charge in [0.1, 0.15) is 0 Å². The summed E-state index contributed by atoms with van der Waals surface area (Å²) in [7, 11) is 0. The van der Waals surface area contributed by atoms with Gasteiger partial charge in [-0.05, 0) is 24.6 Å². The van der Waals surface area contributed by atoms with Crippen LogP contribution < -0.4 is 5.32 Å². The molecule has 1 unspecified atom stereocenters. The predicted molar refractivity (Wildman–Crippen MR) is 67.0 cm³/mol. The van der Waals surface area contributed by atoms with E-state index in [0.717, 1.165) is 23.0 Å². The Hall–Kier alpha value is -0.380. The SMILES string of the molecule is CCCNCC(O)Cc1ccccc1Br. The number of aliphatic hydroxyl groups excluding tert-OH is 1. The zero-order valence-corrected chi connectivity index (χ0v) is 10.6. The van der Waals surface area contributed by atoms with Crippen LogP contribution in [-0.4, -0.2) is 24.3 Å². The van der Waals surface area contributed by atoms with Crippen LogP contribution in [0.2, 0.25) is 0 Å². The van der Waals surface area contributed by atoms with Crippen molar-refractivity contribution in [3.05, 3.63) is 34.3 Å². The van der Waals surface area contributed by atoms with E-state index in [1.807, 2.05) is 24.3 Å². The summed E-state index contributed by atoms with van der Waals surface area (Å²) in [5, 5.41) is 13.0. The van der Waals surface area contributed by atoms with Crippen molar-refractivity contribution in [1.82, 2.24) is 5.32 Å². The molecule has 0 bridgehead atoms. The molecule has 0 spiro atoms.